The molecule has 1 aliphatic carbocycles. The molecule has 100 valence electrons. The Kier molecular flexibility index (Phi) is 4.25. The Labute approximate surface area is 115 Å². The van der Waals surface area contributed by atoms with Gasteiger partial charge in [0.05, 0.1) is 10.2 Å². The molecule has 1 N–H and O–H groups in total. The topological polar surface area (TPSA) is 12.0 Å². The average molecular weight is 318 g/mol. The van der Waals surface area contributed by atoms with Crippen molar-refractivity contribution in [1.82, 2.24) is 0 Å². The lowest BCUT2D eigenvalue weighted by Crippen LogP contribution is -2.35. The first-order valence-corrected chi connectivity index (χ1v) is 7.19. The highest BCUT2D eigenvalue weighted by atomic mass is 79.9. The summed E-state index contributed by atoms with van der Waals surface area (Å²) in [4.78, 5) is 0. The van der Waals surface area contributed by atoms with Crippen LogP contribution in [0.15, 0.2) is 16.6 Å². The predicted octanol–water partition coefficient (Wildman–Crippen LogP) is 4.96. The lowest BCUT2D eigenvalue weighted by molar-refractivity contribution is 0.252. The van der Waals surface area contributed by atoms with Gasteiger partial charge in [0.2, 0.25) is 0 Å². The maximum atomic E-state index is 13.8. The minimum atomic E-state index is -0.435. The molecule has 0 aromatic heterocycles. The largest absolute Gasteiger partial charge is 0.380 e. The van der Waals surface area contributed by atoms with Gasteiger partial charge in [-0.1, -0.05) is 26.7 Å². The summed E-state index contributed by atoms with van der Waals surface area (Å²) >= 11 is 2.98. The Morgan fingerprint density at radius 3 is 2.61 bits per heavy atom. The van der Waals surface area contributed by atoms with Crippen LogP contribution in [0.5, 0.6) is 0 Å². The summed E-state index contributed by atoms with van der Waals surface area (Å²) in [5.41, 5.74) is 0.265. The van der Waals surface area contributed by atoms with Gasteiger partial charge in [0, 0.05) is 12.1 Å². The molecule has 0 heterocycles. The van der Waals surface area contributed by atoms with Gasteiger partial charge >= 0.3 is 0 Å². The molecule has 0 spiro atoms. The fourth-order valence-electron chi connectivity index (χ4n) is 2.62. The highest BCUT2D eigenvalue weighted by Crippen LogP contribution is 2.33. The maximum absolute atomic E-state index is 13.8. The van der Waals surface area contributed by atoms with E-state index in [9.17, 15) is 8.78 Å². The van der Waals surface area contributed by atoms with Crippen LogP contribution < -0.4 is 5.32 Å². The molecule has 0 radical (unpaired) electrons. The van der Waals surface area contributed by atoms with Gasteiger partial charge < -0.3 is 5.32 Å². The van der Waals surface area contributed by atoms with Crippen molar-refractivity contribution < 1.29 is 8.78 Å². The average Bonchev–Trinajstić information content (AvgIpc) is 2.32. The van der Waals surface area contributed by atoms with Crippen LogP contribution in [0.25, 0.3) is 0 Å². The summed E-state index contributed by atoms with van der Waals surface area (Å²) in [6.07, 6.45) is 3.38. The molecule has 3 unspecified atom stereocenters. The van der Waals surface area contributed by atoms with Crippen molar-refractivity contribution in [3.8, 4) is 0 Å². The zero-order valence-electron chi connectivity index (χ0n) is 10.6. The first kappa shape index (κ1) is 13.8. The number of halogens is 3. The molecule has 2 rings (SSSR count). The summed E-state index contributed by atoms with van der Waals surface area (Å²) < 4.78 is 27.3. The van der Waals surface area contributed by atoms with Gasteiger partial charge in [0.25, 0.3) is 0 Å². The van der Waals surface area contributed by atoms with Crippen LogP contribution in [0.3, 0.4) is 0 Å². The van der Waals surface area contributed by atoms with E-state index in [1.807, 2.05) is 0 Å². The van der Waals surface area contributed by atoms with Gasteiger partial charge in [-0.2, -0.15) is 0 Å². The maximum Gasteiger partial charge on any atom is 0.147 e. The SMILES string of the molecule is CC1CCCC(Nc2cc(F)c(Br)cc2F)C1C. The van der Waals surface area contributed by atoms with Gasteiger partial charge in [-0.05, 0) is 40.3 Å². The second-order valence-electron chi connectivity index (χ2n) is 5.26. The Bertz CT molecular complexity index is 436. The van der Waals surface area contributed by atoms with E-state index in [0.29, 0.717) is 11.8 Å². The number of nitrogens with one attached hydrogen (secondary N) is 1. The van der Waals surface area contributed by atoms with Crippen molar-refractivity contribution in [2.45, 2.75) is 39.2 Å². The van der Waals surface area contributed by atoms with Crippen LogP contribution >= 0.6 is 15.9 Å². The fourth-order valence-corrected chi connectivity index (χ4v) is 2.93. The highest BCUT2D eigenvalue weighted by Gasteiger charge is 2.27. The Balaban J connectivity index is 2.16. The standard InChI is InChI=1S/C14H18BrF2N/c1-8-4-3-5-13(9(8)2)18-14-7-11(16)10(15)6-12(14)17/h6-9,13,18H,3-5H2,1-2H3. The van der Waals surface area contributed by atoms with E-state index in [4.69, 9.17) is 0 Å². The summed E-state index contributed by atoms with van der Waals surface area (Å²) in [7, 11) is 0. The molecule has 1 fully saturated rings. The van der Waals surface area contributed by atoms with E-state index < -0.39 is 11.6 Å². The van der Waals surface area contributed by atoms with Crippen molar-refractivity contribution in [1.29, 1.82) is 0 Å². The molecule has 0 aliphatic heterocycles. The molecule has 3 atom stereocenters. The quantitative estimate of drug-likeness (QED) is 0.760. The van der Waals surface area contributed by atoms with E-state index in [1.54, 1.807) is 0 Å². The second kappa shape index (κ2) is 5.55. The molecular formula is C14H18BrF2N. The van der Waals surface area contributed by atoms with Crippen LogP contribution in [0.1, 0.15) is 33.1 Å². The van der Waals surface area contributed by atoms with Crippen LogP contribution in [-0.4, -0.2) is 6.04 Å². The van der Waals surface area contributed by atoms with Gasteiger partial charge in [0.15, 0.2) is 0 Å². The number of hydrogen-bond donors (Lipinski definition) is 1. The number of rotatable bonds is 2. The molecule has 0 bridgehead atoms. The fraction of sp³-hybridized carbons (Fsp3) is 0.571. The van der Waals surface area contributed by atoms with Gasteiger partial charge in [0.1, 0.15) is 11.6 Å². The van der Waals surface area contributed by atoms with Gasteiger partial charge in [-0.25, -0.2) is 8.78 Å². The van der Waals surface area contributed by atoms with Crippen LogP contribution in [0.4, 0.5) is 14.5 Å². The third-order valence-electron chi connectivity index (χ3n) is 4.06. The third-order valence-corrected chi connectivity index (χ3v) is 4.67. The Morgan fingerprint density at radius 1 is 1.17 bits per heavy atom. The Morgan fingerprint density at radius 2 is 1.89 bits per heavy atom. The molecule has 0 saturated heterocycles. The van der Waals surface area contributed by atoms with Crippen LogP contribution in [0, 0.1) is 23.5 Å². The minimum absolute atomic E-state index is 0.163. The smallest absolute Gasteiger partial charge is 0.147 e. The van der Waals surface area contributed by atoms with E-state index in [1.165, 1.54) is 18.6 Å². The Hall–Kier alpha value is -0.640. The summed E-state index contributed by atoms with van der Waals surface area (Å²) in [5, 5.41) is 3.16. The van der Waals surface area contributed by atoms with E-state index in [-0.39, 0.29) is 16.2 Å². The zero-order valence-corrected chi connectivity index (χ0v) is 12.2. The zero-order chi connectivity index (χ0) is 13.3. The van der Waals surface area contributed by atoms with Crippen LogP contribution in [0.2, 0.25) is 0 Å². The molecule has 1 nitrogen and oxygen atoms in total. The third kappa shape index (κ3) is 2.85. The predicted molar refractivity (Wildman–Crippen MR) is 73.6 cm³/mol. The van der Waals surface area contributed by atoms with Crippen molar-refractivity contribution in [3.63, 3.8) is 0 Å². The number of anilines is 1. The number of benzene rings is 1. The lowest BCUT2D eigenvalue weighted by Gasteiger charge is -2.35. The molecule has 1 aromatic rings. The normalized spacial score (nSPS) is 28.2. The molecular weight excluding hydrogens is 300 g/mol. The molecule has 1 saturated carbocycles. The van der Waals surface area contributed by atoms with Crippen molar-refractivity contribution in [2.24, 2.45) is 11.8 Å². The lowest BCUT2D eigenvalue weighted by atomic mass is 9.78. The first-order chi connectivity index (χ1) is 8.49. The van der Waals surface area contributed by atoms with Crippen molar-refractivity contribution >= 4 is 21.6 Å². The van der Waals surface area contributed by atoms with E-state index in [0.717, 1.165) is 12.8 Å². The van der Waals surface area contributed by atoms with Gasteiger partial charge in [-0.3, -0.25) is 0 Å². The molecule has 1 aromatic carbocycles. The van der Waals surface area contributed by atoms with Gasteiger partial charge in [-0.15, -0.1) is 0 Å². The first-order valence-electron chi connectivity index (χ1n) is 6.40. The molecule has 18 heavy (non-hydrogen) atoms. The van der Waals surface area contributed by atoms with Crippen LogP contribution in [-0.2, 0) is 0 Å². The second-order valence-corrected chi connectivity index (χ2v) is 6.12. The number of hydrogen-bond acceptors (Lipinski definition) is 1. The summed E-state index contributed by atoms with van der Waals surface area (Å²) in [6.45, 7) is 4.39. The molecule has 4 heteroatoms. The van der Waals surface area contributed by atoms with E-state index >= 15 is 0 Å². The monoisotopic (exact) mass is 317 g/mol. The minimum Gasteiger partial charge on any atom is -0.380 e. The van der Waals surface area contributed by atoms with Crippen molar-refractivity contribution in [3.05, 3.63) is 28.2 Å². The summed E-state index contributed by atoms with van der Waals surface area (Å²) in [6, 6.07) is 2.63. The highest BCUT2D eigenvalue weighted by molar-refractivity contribution is 9.10. The van der Waals surface area contributed by atoms with E-state index in [2.05, 4.69) is 35.1 Å². The molecule has 1 aliphatic rings. The molecule has 0 amide bonds. The summed E-state index contributed by atoms with van der Waals surface area (Å²) in [5.74, 6) is 0.258. The van der Waals surface area contributed by atoms with Crippen molar-refractivity contribution in [2.75, 3.05) is 5.32 Å².